The van der Waals surface area contributed by atoms with E-state index in [9.17, 15) is 9.59 Å². The number of primary amides is 1. The van der Waals surface area contributed by atoms with Gasteiger partial charge in [0.25, 0.3) is 11.8 Å². The van der Waals surface area contributed by atoms with Gasteiger partial charge >= 0.3 is 0 Å². The molecule has 4 rings (SSSR count). The molecule has 3 aromatic rings. The number of nitrogens with one attached hydrogen (secondary N) is 1. The maximum absolute atomic E-state index is 12.7. The van der Waals surface area contributed by atoms with Gasteiger partial charge in [-0.1, -0.05) is 30.3 Å². The Morgan fingerprint density at radius 1 is 1.13 bits per heavy atom. The molecule has 1 aromatic heterocycles. The second kappa shape index (κ2) is 9.96. The lowest BCUT2D eigenvalue weighted by atomic mass is 10.0. The quantitative estimate of drug-likeness (QED) is 0.584. The van der Waals surface area contributed by atoms with Gasteiger partial charge in [-0.2, -0.15) is 0 Å². The Morgan fingerprint density at radius 3 is 2.48 bits per heavy atom. The third kappa shape index (κ3) is 5.07. The van der Waals surface area contributed by atoms with Crippen molar-refractivity contribution in [1.82, 2.24) is 4.90 Å². The van der Waals surface area contributed by atoms with Crippen LogP contribution in [0.3, 0.4) is 0 Å². The van der Waals surface area contributed by atoms with Gasteiger partial charge < -0.3 is 15.8 Å². The van der Waals surface area contributed by atoms with E-state index in [4.69, 9.17) is 10.5 Å². The fraction of sp³-hybridized carbons (Fsp3) is 0.217. The number of nitrogens with zero attached hydrogens (tertiary/aromatic N) is 1. The van der Waals surface area contributed by atoms with Crippen molar-refractivity contribution in [1.29, 1.82) is 0 Å². The monoisotopic (exact) mass is 457 g/mol. The predicted octanol–water partition coefficient (Wildman–Crippen LogP) is 4.09. The van der Waals surface area contributed by atoms with E-state index in [0.717, 1.165) is 36.5 Å². The highest BCUT2D eigenvalue weighted by Crippen LogP contribution is 2.37. The Labute approximate surface area is 191 Å². The molecule has 1 aliphatic heterocycles. The molecular formula is C23H24ClN3O3S. The normalized spacial score (nSPS) is 13.1. The van der Waals surface area contributed by atoms with Crippen molar-refractivity contribution >= 4 is 40.6 Å². The van der Waals surface area contributed by atoms with Crippen LogP contribution < -0.4 is 15.8 Å². The van der Waals surface area contributed by atoms with Crippen molar-refractivity contribution in [2.75, 3.05) is 19.0 Å². The van der Waals surface area contributed by atoms with Crippen molar-refractivity contribution in [2.45, 2.75) is 19.5 Å². The number of hydrogen-bond acceptors (Lipinski definition) is 5. The molecular weight excluding hydrogens is 434 g/mol. The highest BCUT2D eigenvalue weighted by molar-refractivity contribution is 7.17. The van der Waals surface area contributed by atoms with Crippen LogP contribution in [0, 0.1) is 0 Å². The van der Waals surface area contributed by atoms with Gasteiger partial charge in [-0.15, -0.1) is 23.7 Å². The summed E-state index contributed by atoms with van der Waals surface area (Å²) in [5, 5.41) is 3.41. The summed E-state index contributed by atoms with van der Waals surface area (Å²) in [5.41, 5.74) is 8.82. The average molecular weight is 458 g/mol. The van der Waals surface area contributed by atoms with Gasteiger partial charge in [-0.05, 0) is 41.8 Å². The van der Waals surface area contributed by atoms with Gasteiger partial charge in [0.1, 0.15) is 10.8 Å². The maximum Gasteiger partial charge on any atom is 0.256 e. The molecule has 0 radical (unpaired) electrons. The fourth-order valence-corrected chi connectivity index (χ4v) is 4.99. The first kappa shape index (κ1) is 22.8. The summed E-state index contributed by atoms with van der Waals surface area (Å²) in [5.74, 6) is -0.108. The van der Waals surface area contributed by atoms with Crippen LogP contribution >= 0.6 is 23.7 Å². The van der Waals surface area contributed by atoms with E-state index in [1.54, 1.807) is 31.4 Å². The molecule has 0 bridgehead atoms. The number of benzene rings is 2. The molecule has 162 valence electrons. The summed E-state index contributed by atoms with van der Waals surface area (Å²) in [6.07, 6.45) is 0.731. The Balaban J connectivity index is 0.00000272. The molecule has 0 atom stereocenters. The number of carbonyl (C=O) groups excluding carboxylic acids is 2. The standard InChI is InChI=1S/C23H23N3O3S.ClH/c1-29-17-9-7-16(8-10-17)22(28)25-23-20(21(24)27)18-11-12-26(14-19(18)30-23)13-15-5-3-2-4-6-15;/h2-10H,11-14H2,1H3,(H2,24,27)(H,25,28);1H. The summed E-state index contributed by atoms with van der Waals surface area (Å²) >= 11 is 1.44. The number of nitrogens with two attached hydrogens (primary N) is 1. The summed E-state index contributed by atoms with van der Waals surface area (Å²) in [6.45, 7) is 2.41. The first-order chi connectivity index (χ1) is 14.5. The lowest BCUT2D eigenvalue weighted by molar-refractivity contribution is 0.0999. The summed E-state index contributed by atoms with van der Waals surface area (Å²) in [7, 11) is 1.57. The van der Waals surface area contributed by atoms with Crippen LogP contribution in [0.2, 0.25) is 0 Å². The fourth-order valence-electron chi connectivity index (χ4n) is 3.70. The molecule has 8 heteroatoms. The highest BCUT2D eigenvalue weighted by Gasteiger charge is 2.28. The van der Waals surface area contributed by atoms with Crippen molar-refractivity contribution in [2.24, 2.45) is 5.73 Å². The number of rotatable bonds is 6. The zero-order valence-electron chi connectivity index (χ0n) is 17.1. The number of methoxy groups -OCH3 is 1. The minimum atomic E-state index is -0.506. The maximum atomic E-state index is 12.7. The van der Waals surface area contributed by atoms with E-state index in [1.807, 2.05) is 18.2 Å². The predicted molar refractivity (Wildman–Crippen MR) is 125 cm³/mol. The smallest absolute Gasteiger partial charge is 0.256 e. The molecule has 1 aliphatic rings. The van der Waals surface area contributed by atoms with E-state index in [1.165, 1.54) is 16.9 Å². The molecule has 0 unspecified atom stereocenters. The van der Waals surface area contributed by atoms with Crippen molar-refractivity contribution in [3.63, 3.8) is 0 Å². The minimum Gasteiger partial charge on any atom is -0.497 e. The van der Waals surface area contributed by atoms with Crippen molar-refractivity contribution in [3.8, 4) is 5.75 Å². The third-order valence-corrected chi connectivity index (χ3v) is 6.34. The topological polar surface area (TPSA) is 84.7 Å². The van der Waals surface area contributed by atoms with Crippen LogP contribution in [0.15, 0.2) is 54.6 Å². The number of fused-ring (bicyclic) bond motifs is 1. The van der Waals surface area contributed by atoms with Gasteiger partial charge in [0.2, 0.25) is 0 Å². The Kier molecular flexibility index (Phi) is 7.33. The average Bonchev–Trinajstić information content (AvgIpc) is 3.11. The first-order valence-electron chi connectivity index (χ1n) is 9.71. The minimum absolute atomic E-state index is 0. The summed E-state index contributed by atoms with van der Waals surface area (Å²) in [4.78, 5) is 28.3. The number of amides is 2. The summed E-state index contributed by atoms with van der Waals surface area (Å²) in [6, 6.07) is 17.1. The number of thiophene rings is 1. The highest BCUT2D eigenvalue weighted by atomic mass is 35.5. The molecule has 0 spiro atoms. The first-order valence-corrected chi connectivity index (χ1v) is 10.5. The number of carbonyl (C=O) groups is 2. The molecule has 3 N–H and O–H groups in total. The zero-order valence-corrected chi connectivity index (χ0v) is 18.7. The van der Waals surface area contributed by atoms with Gasteiger partial charge in [0, 0.05) is 30.1 Å². The molecule has 2 aromatic carbocycles. The van der Waals surface area contributed by atoms with E-state index < -0.39 is 5.91 Å². The second-order valence-corrected chi connectivity index (χ2v) is 8.31. The van der Waals surface area contributed by atoms with E-state index in [0.29, 0.717) is 21.9 Å². The Hall–Kier alpha value is -2.87. The molecule has 2 heterocycles. The molecule has 0 fully saturated rings. The van der Waals surface area contributed by atoms with Gasteiger partial charge in [0.15, 0.2) is 0 Å². The number of anilines is 1. The lowest BCUT2D eigenvalue weighted by Crippen LogP contribution is -2.30. The van der Waals surface area contributed by atoms with Crippen molar-refractivity contribution < 1.29 is 14.3 Å². The Bertz CT molecular complexity index is 1070. The second-order valence-electron chi connectivity index (χ2n) is 7.20. The number of halogens is 1. The van der Waals surface area contributed by atoms with Gasteiger partial charge in [-0.3, -0.25) is 14.5 Å². The lowest BCUT2D eigenvalue weighted by Gasteiger charge is -2.27. The van der Waals surface area contributed by atoms with Gasteiger partial charge in [-0.25, -0.2) is 0 Å². The number of ether oxygens (including phenoxy) is 1. The van der Waals surface area contributed by atoms with Crippen LogP contribution in [-0.4, -0.2) is 30.4 Å². The molecule has 31 heavy (non-hydrogen) atoms. The molecule has 0 saturated carbocycles. The van der Waals surface area contributed by atoms with Crippen LogP contribution in [-0.2, 0) is 19.5 Å². The van der Waals surface area contributed by atoms with E-state index in [-0.39, 0.29) is 18.3 Å². The van der Waals surface area contributed by atoms with Crippen LogP contribution in [0.25, 0.3) is 0 Å². The molecule has 0 saturated heterocycles. The molecule has 0 aliphatic carbocycles. The molecule has 6 nitrogen and oxygen atoms in total. The van der Waals surface area contributed by atoms with Crippen molar-refractivity contribution in [3.05, 3.63) is 81.7 Å². The largest absolute Gasteiger partial charge is 0.497 e. The SMILES string of the molecule is COc1ccc(C(=O)Nc2sc3c(c2C(N)=O)CCN(Cc2ccccc2)C3)cc1.Cl. The summed E-state index contributed by atoms with van der Waals surface area (Å²) < 4.78 is 5.13. The van der Waals surface area contributed by atoms with E-state index >= 15 is 0 Å². The van der Waals surface area contributed by atoms with E-state index in [2.05, 4.69) is 22.3 Å². The van der Waals surface area contributed by atoms with Crippen LogP contribution in [0.5, 0.6) is 5.75 Å². The Morgan fingerprint density at radius 2 is 1.84 bits per heavy atom. The van der Waals surface area contributed by atoms with Crippen LogP contribution in [0.1, 0.15) is 36.7 Å². The number of hydrogen-bond donors (Lipinski definition) is 2. The van der Waals surface area contributed by atoms with Crippen LogP contribution in [0.4, 0.5) is 5.00 Å². The third-order valence-electron chi connectivity index (χ3n) is 5.21. The molecule has 2 amide bonds. The zero-order chi connectivity index (χ0) is 21.1. The van der Waals surface area contributed by atoms with Gasteiger partial charge in [0.05, 0.1) is 12.7 Å².